The molecule has 1 aromatic heterocycles. The van der Waals surface area contributed by atoms with Gasteiger partial charge in [0.15, 0.2) is 5.75 Å². The summed E-state index contributed by atoms with van der Waals surface area (Å²) in [7, 11) is 0. The molecule has 0 bridgehead atoms. The van der Waals surface area contributed by atoms with Crippen LogP contribution in [0.3, 0.4) is 0 Å². The van der Waals surface area contributed by atoms with Crippen LogP contribution in [0, 0.1) is 5.92 Å². The van der Waals surface area contributed by atoms with E-state index in [2.05, 4.69) is 18.8 Å². The van der Waals surface area contributed by atoms with Crippen LogP contribution in [0.5, 0.6) is 5.75 Å². The van der Waals surface area contributed by atoms with Gasteiger partial charge in [0, 0.05) is 11.1 Å². The topological polar surface area (TPSA) is 59.4 Å². The average molecular weight is 245 g/mol. The molecule has 0 amide bonds. The van der Waals surface area contributed by atoms with E-state index in [9.17, 15) is 4.79 Å². The summed E-state index contributed by atoms with van der Waals surface area (Å²) in [5.74, 6) is 0.785. The molecule has 0 spiro atoms. The zero-order valence-corrected chi connectivity index (χ0v) is 10.4. The predicted octanol–water partition coefficient (Wildman–Crippen LogP) is 3.49. The van der Waals surface area contributed by atoms with E-state index >= 15 is 0 Å². The van der Waals surface area contributed by atoms with E-state index in [-0.39, 0.29) is 5.75 Å². The highest BCUT2D eigenvalue weighted by atomic mass is 16.7. The first kappa shape index (κ1) is 12.4. The molecule has 0 aliphatic heterocycles. The molecule has 0 atom stereocenters. The second-order valence-corrected chi connectivity index (χ2v) is 4.60. The second-order valence-electron chi connectivity index (χ2n) is 4.60. The van der Waals surface area contributed by atoms with Gasteiger partial charge in [0.2, 0.25) is 0 Å². The summed E-state index contributed by atoms with van der Waals surface area (Å²) in [4.78, 5) is 15.1. The first-order valence-electron chi connectivity index (χ1n) is 5.85. The highest BCUT2D eigenvalue weighted by Crippen LogP contribution is 2.24. The van der Waals surface area contributed by atoms with Crippen LogP contribution < -0.4 is 4.74 Å². The van der Waals surface area contributed by atoms with Gasteiger partial charge in [-0.25, -0.2) is 9.78 Å². The number of nitrogens with zero attached hydrogens (tertiary/aromatic N) is 1. The molecule has 4 nitrogen and oxygen atoms in total. The molecule has 0 radical (unpaired) electrons. The molecule has 4 heteroatoms. The number of pyridine rings is 1. The third kappa shape index (κ3) is 2.77. The lowest BCUT2D eigenvalue weighted by Crippen LogP contribution is -2.04. The minimum Gasteiger partial charge on any atom is -0.449 e. The van der Waals surface area contributed by atoms with Crippen LogP contribution >= 0.6 is 0 Å². The van der Waals surface area contributed by atoms with E-state index in [1.54, 1.807) is 12.1 Å². The number of carbonyl (C=O) groups is 1. The molecule has 1 aromatic carbocycles. The summed E-state index contributed by atoms with van der Waals surface area (Å²) >= 11 is 0. The summed E-state index contributed by atoms with van der Waals surface area (Å²) in [5, 5.41) is 9.57. The fourth-order valence-electron chi connectivity index (χ4n) is 1.87. The van der Waals surface area contributed by atoms with Gasteiger partial charge in [0.05, 0.1) is 0 Å². The Morgan fingerprint density at radius 2 is 2.11 bits per heavy atom. The standard InChI is InChI=1S/C14H15NO3/c1-9(2)8-11-7-6-10-4-3-5-12(13(10)15-11)18-14(16)17/h3-7,9H,8H2,1-2H3,(H,16,17). The van der Waals surface area contributed by atoms with Crippen molar-refractivity contribution >= 4 is 17.1 Å². The minimum atomic E-state index is -1.32. The van der Waals surface area contributed by atoms with Crippen LogP contribution in [-0.4, -0.2) is 16.2 Å². The first-order valence-corrected chi connectivity index (χ1v) is 5.85. The van der Waals surface area contributed by atoms with Crippen molar-refractivity contribution < 1.29 is 14.6 Å². The Labute approximate surface area is 105 Å². The molecular weight excluding hydrogens is 230 g/mol. The third-order valence-electron chi connectivity index (χ3n) is 2.56. The Hall–Kier alpha value is -2.10. The lowest BCUT2D eigenvalue weighted by Gasteiger charge is -2.08. The Kier molecular flexibility index (Phi) is 3.46. The second kappa shape index (κ2) is 5.04. The largest absolute Gasteiger partial charge is 0.511 e. The highest BCUT2D eigenvalue weighted by Gasteiger charge is 2.09. The number of para-hydroxylation sites is 1. The Morgan fingerprint density at radius 3 is 2.78 bits per heavy atom. The lowest BCUT2D eigenvalue weighted by atomic mass is 10.1. The minimum absolute atomic E-state index is 0.283. The number of carboxylic acid groups (broad SMARTS) is 1. The van der Waals surface area contributed by atoms with Crippen molar-refractivity contribution in [2.24, 2.45) is 5.92 Å². The van der Waals surface area contributed by atoms with Crippen molar-refractivity contribution in [3.8, 4) is 5.75 Å². The summed E-state index contributed by atoms with van der Waals surface area (Å²) in [5.41, 5.74) is 1.54. The van der Waals surface area contributed by atoms with Crippen molar-refractivity contribution in [2.75, 3.05) is 0 Å². The maximum absolute atomic E-state index is 10.6. The summed E-state index contributed by atoms with van der Waals surface area (Å²) in [6, 6.07) is 9.16. The third-order valence-corrected chi connectivity index (χ3v) is 2.56. The predicted molar refractivity (Wildman–Crippen MR) is 68.9 cm³/mol. The van der Waals surface area contributed by atoms with E-state index in [0.29, 0.717) is 11.4 Å². The molecule has 0 fully saturated rings. The first-order chi connectivity index (χ1) is 8.56. The molecule has 94 valence electrons. The van der Waals surface area contributed by atoms with Crippen molar-refractivity contribution in [2.45, 2.75) is 20.3 Å². The fraction of sp³-hybridized carbons (Fsp3) is 0.286. The van der Waals surface area contributed by atoms with E-state index in [0.717, 1.165) is 17.5 Å². The Bertz CT molecular complexity index is 578. The molecule has 0 aliphatic rings. The van der Waals surface area contributed by atoms with Crippen LogP contribution in [0.25, 0.3) is 10.9 Å². The number of hydrogen-bond donors (Lipinski definition) is 1. The molecule has 2 rings (SSSR count). The monoisotopic (exact) mass is 245 g/mol. The van der Waals surface area contributed by atoms with Gasteiger partial charge >= 0.3 is 6.16 Å². The Balaban J connectivity index is 2.47. The number of rotatable bonds is 3. The molecule has 2 aromatic rings. The van der Waals surface area contributed by atoms with Gasteiger partial charge in [-0.2, -0.15) is 0 Å². The van der Waals surface area contributed by atoms with Gasteiger partial charge in [-0.3, -0.25) is 0 Å². The number of ether oxygens (including phenoxy) is 1. The average Bonchev–Trinajstić information content (AvgIpc) is 2.28. The van der Waals surface area contributed by atoms with Crippen molar-refractivity contribution in [3.05, 3.63) is 36.0 Å². The van der Waals surface area contributed by atoms with E-state index in [1.165, 1.54) is 0 Å². The van der Waals surface area contributed by atoms with Gasteiger partial charge in [0.25, 0.3) is 0 Å². The molecule has 1 N–H and O–H groups in total. The molecule has 0 saturated heterocycles. The van der Waals surface area contributed by atoms with Crippen LogP contribution in [0.4, 0.5) is 4.79 Å². The molecule has 18 heavy (non-hydrogen) atoms. The number of fused-ring (bicyclic) bond motifs is 1. The molecule has 1 heterocycles. The van der Waals surface area contributed by atoms with Gasteiger partial charge in [-0.05, 0) is 24.5 Å². The Morgan fingerprint density at radius 1 is 1.33 bits per heavy atom. The smallest absolute Gasteiger partial charge is 0.449 e. The molecular formula is C14H15NO3. The van der Waals surface area contributed by atoms with Gasteiger partial charge < -0.3 is 9.84 Å². The van der Waals surface area contributed by atoms with Gasteiger partial charge in [-0.1, -0.05) is 32.0 Å². The summed E-state index contributed by atoms with van der Waals surface area (Å²) < 4.78 is 4.74. The number of benzene rings is 1. The number of aromatic nitrogens is 1. The summed E-state index contributed by atoms with van der Waals surface area (Å²) in [6.07, 6.45) is -0.462. The zero-order chi connectivity index (χ0) is 13.1. The zero-order valence-electron chi connectivity index (χ0n) is 10.4. The van der Waals surface area contributed by atoms with Gasteiger partial charge in [-0.15, -0.1) is 0 Å². The van der Waals surface area contributed by atoms with Crippen molar-refractivity contribution in [1.82, 2.24) is 4.98 Å². The number of hydrogen-bond acceptors (Lipinski definition) is 3. The van der Waals surface area contributed by atoms with Crippen molar-refractivity contribution in [1.29, 1.82) is 0 Å². The fourth-order valence-corrected chi connectivity index (χ4v) is 1.87. The SMILES string of the molecule is CC(C)Cc1ccc2cccc(OC(=O)O)c2n1. The van der Waals surface area contributed by atoms with Gasteiger partial charge in [0.1, 0.15) is 5.52 Å². The quantitative estimate of drug-likeness (QED) is 0.664. The summed E-state index contributed by atoms with van der Waals surface area (Å²) in [6.45, 7) is 4.23. The maximum atomic E-state index is 10.6. The van der Waals surface area contributed by atoms with Crippen LogP contribution in [0.1, 0.15) is 19.5 Å². The molecule has 0 unspecified atom stereocenters. The maximum Gasteiger partial charge on any atom is 0.511 e. The van der Waals surface area contributed by atoms with Crippen LogP contribution in [0.2, 0.25) is 0 Å². The molecule has 0 saturated carbocycles. The van der Waals surface area contributed by atoms with Crippen molar-refractivity contribution in [3.63, 3.8) is 0 Å². The van der Waals surface area contributed by atoms with E-state index in [1.807, 2.05) is 18.2 Å². The van der Waals surface area contributed by atoms with E-state index < -0.39 is 6.16 Å². The lowest BCUT2D eigenvalue weighted by molar-refractivity contribution is 0.145. The van der Waals surface area contributed by atoms with Crippen LogP contribution in [-0.2, 0) is 6.42 Å². The van der Waals surface area contributed by atoms with Crippen LogP contribution in [0.15, 0.2) is 30.3 Å². The normalized spacial score (nSPS) is 10.8. The highest BCUT2D eigenvalue weighted by molar-refractivity contribution is 5.86. The molecule has 0 aliphatic carbocycles. The van der Waals surface area contributed by atoms with E-state index in [4.69, 9.17) is 9.84 Å².